The fraction of sp³-hybridized carbons (Fsp3) is 0.171. The van der Waals surface area contributed by atoms with E-state index < -0.39 is 18.6 Å². The Morgan fingerprint density at radius 3 is 2.29 bits per heavy atom. The molecular formula is C35H31FNO+. The van der Waals surface area contributed by atoms with Crippen molar-refractivity contribution in [3.63, 3.8) is 0 Å². The van der Waals surface area contributed by atoms with Gasteiger partial charge in [-0.1, -0.05) is 74.5 Å². The summed E-state index contributed by atoms with van der Waals surface area (Å²) in [5, 5.41) is 1.51. The number of halogens is 1. The molecule has 6 aromatic rings. The Morgan fingerprint density at radius 1 is 0.842 bits per heavy atom. The van der Waals surface area contributed by atoms with Gasteiger partial charge in [-0.25, -0.2) is 8.96 Å². The van der Waals surface area contributed by atoms with Crippen LogP contribution in [0.5, 0.6) is 0 Å². The minimum atomic E-state index is -2.38. The third-order valence-corrected chi connectivity index (χ3v) is 7.24. The van der Waals surface area contributed by atoms with Gasteiger partial charge in [0, 0.05) is 28.4 Å². The van der Waals surface area contributed by atoms with Crippen LogP contribution in [0, 0.1) is 19.6 Å². The zero-order chi connectivity index (χ0) is 30.8. The van der Waals surface area contributed by atoms with E-state index in [0.717, 1.165) is 33.0 Å². The monoisotopic (exact) mass is 505 g/mol. The van der Waals surface area contributed by atoms with E-state index in [4.69, 9.17) is 11.3 Å². The number of aryl methyl sites for hydroxylation is 2. The fourth-order valence-electron chi connectivity index (χ4n) is 5.17. The van der Waals surface area contributed by atoms with Crippen molar-refractivity contribution in [2.45, 2.75) is 33.5 Å². The number of hydrogen-bond donors (Lipinski definition) is 0. The summed E-state index contributed by atoms with van der Waals surface area (Å²) in [6.07, 6.45) is 0.0554. The number of hydrogen-bond acceptors (Lipinski definition) is 1. The zero-order valence-electron chi connectivity index (χ0n) is 26.8. The minimum absolute atomic E-state index is 0.0554. The average molecular weight is 506 g/mol. The minimum Gasteiger partial charge on any atom is -0.454 e. The third kappa shape index (κ3) is 3.99. The smallest absolute Gasteiger partial charge is 0.216 e. The summed E-state index contributed by atoms with van der Waals surface area (Å²) in [6, 6.07) is 25.5. The van der Waals surface area contributed by atoms with Gasteiger partial charge in [-0.3, -0.25) is 0 Å². The number of benzene rings is 4. The molecule has 0 aliphatic rings. The van der Waals surface area contributed by atoms with Gasteiger partial charge in [0.15, 0.2) is 6.17 Å². The predicted molar refractivity (Wildman–Crippen MR) is 155 cm³/mol. The van der Waals surface area contributed by atoms with Crippen molar-refractivity contribution in [1.29, 1.82) is 0 Å². The molecule has 0 amide bonds. The predicted octanol–water partition coefficient (Wildman–Crippen LogP) is 9.29. The topological polar surface area (TPSA) is 17.0 Å². The SMILES string of the molecule is [2H]c1cc(C([2H])([2H])[2H])cc(-c2c(C)ccc3c2oc2c(-c4ccc(-c5cccc(C([2H])(C)C)c5)cc4)c(F)ccc23)[n+]1C. The quantitative estimate of drug-likeness (QED) is 0.218. The van der Waals surface area contributed by atoms with Crippen LogP contribution in [0.4, 0.5) is 4.39 Å². The molecule has 4 aromatic carbocycles. The number of pyridine rings is 1. The molecule has 2 heterocycles. The Kier molecular flexibility index (Phi) is 4.61. The zero-order valence-corrected chi connectivity index (χ0v) is 21.8. The van der Waals surface area contributed by atoms with Gasteiger partial charge >= 0.3 is 0 Å². The van der Waals surface area contributed by atoms with E-state index in [0.29, 0.717) is 33.6 Å². The average Bonchev–Trinajstić information content (AvgIpc) is 3.32. The van der Waals surface area contributed by atoms with Crippen LogP contribution < -0.4 is 4.57 Å². The number of nitrogens with zero attached hydrogens (tertiary/aromatic N) is 1. The molecule has 0 N–H and O–H groups in total. The van der Waals surface area contributed by atoms with Crippen LogP contribution in [-0.2, 0) is 7.05 Å². The maximum absolute atomic E-state index is 15.6. The molecule has 0 unspecified atom stereocenters. The van der Waals surface area contributed by atoms with Gasteiger partial charge in [0.2, 0.25) is 5.69 Å². The van der Waals surface area contributed by atoms with Gasteiger partial charge in [-0.15, -0.1) is 0 Å². The van der Waals surface area contributed by atoms with Crippen molar-refractivity contribution in [2.75, 3.05) is 0 Å². The van der Waals surface area contributed by atoms with Crippen LogP contribution in [0.2, 0.25) is 0 Å². The second kappa shape index (κ2) is 9.25. The Bertz CT molecular complexity index is 2040. The van der Waals surface area contributed by atoms with Crippen LogP contribution in [0.15, 0.2) is 95.5 Å². The van der Waals surface area contributed by atoms with E-state index in [-0.39, 0.29) is 11.7 Å². The molecule has 0 atom stereocenters. The van der Waals surface area contributed by atoms with E-state index >= 15 is 4.39 Å². The highest BCUT2D eigenvalue weighted by atomic mass is 19.1. The maximum Gasteiger partial charge on any atom is 0.216 e. The summed E-state index contributed by atoms with van der Waals surface area (Å²) in [5.74, 6) is -1.14. The molecule has 2 nitrogen and oxygen atoms in total. The normalized spacial score (nSPS) is 14.2. The van der Waals surface area contributed by atoms with Crippen LogP contribution in [0.25, 0.3) is 55.4 Å². The molecular weight excluding hydrogens is 469 g/mol. The second-order valence-electron chi connectivity index (χ2n) is 10.0. The van der Waals surface area contributed by atoms with Crippen LogP contribution in [0.1, 0.15) is 43.3 Å². The van der Waals surface area contributed by atoms with Crippen molar-refractivity contribution in [3.05, 3.63) is 114 Å². The van der Waals surface area contributed by atoms with Gasteiger partial charge in [0.1, 0.15) is 25.4 Å². The van der Waals surface area contributed by atoms with Crippen molar-refractivity contribution in [2.24, 2.45) is 7.05 Å². The van der Waals surface area contributed by atoms with Gasteiger partial charge in [-0.05, 0) is 65.2 Å². The summed E-state index contributed by atoms with van der Waals surface area (Å²) in [7, 11) is 1.72. The number of rotatable bonds is 4. The van der Waals surface area contributed by atoms with Gasteiger partial charge in [0.25, 0.3) is 0 Å². The van der Waals surface area contributed by atoms with E-state index in [9.17, 15) is 0 Å². The maximum atomic E-state index is 15.6. The van der Waals surface area contributed by atoms with Crippen LogP contribution in [0.3, 0.4) is 0 Å². The summed E-state index contributed by atoms with van der Waals surface area (Å²) in [4.78, 5) is 0. The van der Waals surface area contributed by atoms with Gasteiger partial charge in [-0.2, -0.15) is 0 Å². The van der Waals surface area contributed by atoms with Crippen LogP contribution in [-0.4, -0.2) is 0 Å². The standard InChI is InChI=1S/C35H31FNO/c1-21(2)26-7-6-8-27(20-26)24-10-12-25(13-11-24)33-30(36)16-15-29-28-14-9-23(4)32(34(28)38-35(29)33)31-19-22(3)17-18-37(31)5/h6-21H,1-5H3/q+1/i3D3,18D,21D. The summed E-state index contributed by atoms with van der Waals surface area (Å²) in [6.45, 7) is 3.24. The Labute approximate surface area is 230 Å². The molecule has 0 saturated heterocycles. The molecule has 0 aliphatic carbocycles. The lowest BCUT2D eigenvalue weighted by Crippen LogP contribution is -2.30. The molecule has 38 heavy (non-hydrogen) atoms. The highest BCUT2D eigenvalue weighted by Gasteiger charge is 2.23. The van der Waals surface area contributed by atoms with E-state index in [1.807, 2.05) is 81.4 Å². The molecule has 188 valence electrons. The summed E-state index contributed by atoms with van der Waals surface area (Å²) >= 11 is 0. The summed E-state index contributed by atoms with van der Waals surface area (Å²) in [5.41, 5.74) is 6.85. The van der Waals surface area contributed by atoms with Crippen molar-refractivity contribution in [1.82, 2.24) is 0 Å². The largest absolute Gasteiger partial charge is 0.454 e. The van der Waals surface area contributed by atoms with E-state index in [2.05, 4.69) is 0 Å². The molecule has 0 radical (unpaired) electrons. The fourth-order valence-corrected chi connectivity index (χ4v) is 5.17. The van der Waals surface area contributed by atoms with Crippen molar-refractivity contribution < 1.29 is 20.2 Å². The Balaban J connectivity index is 1.53. The molecule has 0 fully saturated rings. The summed E-state index contributed by atoms with van der Waals surface area (Å²) < 4.78 is 64.3. The number of furan rings is 1. The molecule has 0 spiro atoms. The first-order chi connectivity index (χ1) is 20.2. The third-order valence-electron chi connectivity index (χ3n) is 7.24. The van der Waals surface area contributed by atoms with Crippen molar-refractivity contribution >= 4 is 21.9 Å². The van der Waals surface area contributed by atoms with Gasteiger partial charge < -0.3 is 4.42 Å². The molecule has 0 bridgehead atoms. The van der Waals surface area contributed by atoms with E-state index in [1.165, 1.54) is 12.1 Å². The lowest BCUT2D eigenvalue weighted by Gasteiger charge is -2.10. The first-order valence-electron chi connectivity index (χ1n) is 15.1. The van der Waals surface area contributed by atoms with E-state index in [1.54, 1.807) is 23.7 Å². The lowest BCUT2D eigenvalue weighted by atomic mass is 9.95. The molecule has 2 aromatic heterocycles. The molecule has 3 heteroatoms. The lowest BCUT2D eigenvalue weighted by molar-refractivity contribution is -0.660. The van der Waals surface area contributed by atoms with Gasteiger partial charge in [0.05, 0.1) is 11.1 Å². The van der Waals surface area contributed by atoms with Crippen LogP contribution >= 0.6 is 0 Å². The first-order valence-corrected chi connectivity index (χ1v) is 12.6. The highest BCUT2D eigenvalue weighted by molar-refractivity contribution is 6.13. The molecule has 0 aliphatic heterocycles. The highest BCUT2D eigenvalue weighted by Crippen LogP contribution is 2.42. The second-order valence-corrected chi connectivity index (χ2v) is 10.0. The Morgan fingerprint density at radius 2 is 1.55 bits per heavy atom. The first kappa shape index (κ1) is 18.9. The van der Waals surface area contributed by atoms with Crippen molar-refractivity contribution in [3.8, 4) is 33.5 Å². The molecule has 6 rings (SSSR count). The Hall–Kier alpha value is -4.24. The number of fused-ring (bicyclic) bond motifs is 3. The molecule has 0 saturated carbocycles. The number of aromatic nitrogens is 1.